The predicted molar refractivity (Wildman–Crippen MR) is 97.2 cm³/mol. The van der Waals surface area contributed by atoms with Crippen molar-refractivity contribution in [3.05, 3.63) is 23.8 Å². The number of aliphatic hydroxyl groups is 1. The van der Waals surface area contributed by atoms with Crippen LogP contribution in [0.15, 0.2) is 23.8 Å². The zero-order valence-electron chi connectivity index (χ0n) is 16.0. The van der Waals surface area contributed by atoms with Gasteiger partial charge in [-0.2, -0.15) is 0 Å². The lowest BCUT2D eigenvalue weighted by Crippen LogP contribution is -2.57. The molecule has 4 aliphatic rings. The van der Waals surface area contributed by atoms with Crippen molar-refractivity contribution in [1.29, 1.82) is 0 Å². The highest BCUT2D eigenvalue weighted by atomic mass is 19.3. The quantitative estimate of drug-likeness (QED) is 0.799. The van der Waals surface area contributed by atoms with E-state index in [4.69, 9.17) is 0 Å². The summed E-state index contributed by atoms with van der Waals surface area (Å²) in [6, 6.07) is 0. The molecule has 0 aromatic rings. The molecule has 6 atom stereocenters. The summed E-state index contributed by atoms with van der Waals surface area (Å²) in [7, 11) is 0. The van der Waals surface area contributed by atoms with Crippen LogP contribution in [0.2, 0.25) is 0 Å². The number of carbonyl (C=O) groups is 2. The monoisotopic (exact) mass is 378 g/mol. The number of Topliss-reactive ketones (excluding diaryl/α,β-unsaturated/α-hetero) is 1. The van der Waals surface area contributed by atoms with Crippen molar-refractivity contribution in [3.63, 3.8) is 0 Å². The fourth-order valence-corrected chi connectivity index (χ4v) is 6.98. The normalized spacial score (nSPS) is 45.9. The van der Waals surface area contributed by atoms with E-state index in [1.165, 1.54) is 5.57 Å². The fraction of sp³-hybridized carbons (Fsp3) is 0.727. The van der Waals surface area contributed by atoms with E-state index in [1.807, 2.05) is 13.0 Å². The highest BCUT2D eigenvalue weighted by Crippen LogP contribution is 2.67. The number of hydrogen-bond acceptors (Lipinski definition) is 3. The minimum atomic E-state index is -2.72. The second-order valence-electron chi connectivity index (χ2n) is 9.48. The maximum atomic E-state index is 12.8. The summed E-state index contributed by atoms with van der Waals surface area (Å²) in [6.45, 7) is 4.14. The summed E-state index contributed by atoms with van der Waals surface area (Å²) in [5.41, 5.74) is -1.21. The molecule has 0 unspecified atom stereocenters. The molecule has 0 aliphatic heterocycles. The maximum Gasteiger partial charge on any atom is 0.245 e. The van der Waals surface area contributed by atoms with E-state index in [2.05, 4.69) is 6.92 Å². The fourth-order valence-electron chi connectivity index (χ4n) is 6.98. The molecule has 0 spiro atoms. The molecule has 3 saturated carbocycles. The molecule has 0 amide bonds. The molecule has 4 aliphatic carbocycles. The van der Waals surface area contributed by atoms with E-state index in [0.29, 0.717) is 24.7 Å². The molecule has 4 rings (SSSR count). The molecule has 0 saturated heterocycles. The summed E-state index contributed by atoms with van der Waals surface area (Å²) in [6.07, 6.45) is 6.21. The number of ketones is 2. The standard InChI is InChI=1S/C22H28F2O3/c1-20-8-5-14(25)11-13(20)3-4-15-16(20)6-9-21(2)17(15)7-10-22(21,27)18(26)12-19(23)24/h5,8,11,15-17,19,27H,3-4,6-7,9-10,12H2,1-2H3/t15-,16+,17+,20+,21+,22+/m1/s1. The molecule has 0 aromatic carbocycles. The Hall–Kier alpha value is -1.36. The van der Waals surface area contributed by atoms with E-state index in [0.717, 1.165) is 19.3 Å². The lowest BCUT2D eigenvalue weighted by Gasteiger charge is -2.57. The van der Waals surface area contributed by atoms with Crippen LogP contribution >= 0.6 is 0 Å². The number of rotatable bonds is 3. The molecule has 0 radical (unpaired) electrons. The van der Waals surface area contributed by atoms with Gasteiger partial charge in [0, 0.05) is 10.8 Å². The summed E-state index contributed by atoms with van der Waals surface area (Å²) < 4.78 is 25.6. The SMILES string of the molecule is C[C@]12C=CC(=O)C=C1CC[C@@H]1[C@@H]2CC[C@@]2(C)[C@H]1CC[C@]2(O)C(=O)CC(F)F. The lowest BCUT2D eigenvalue weighted by atomic mass is 9.47. The Balaban J connectivity index is 1.65. The molecule has 27 heavy (non-hydrogen) atoms. The second-order valence-corrected chi connectivity index (χ2v) is 9.48. The van der Waals surface area contributed by atoms with Gasteiger partial charge in [0.05, 0.1) is 6.42 Å². The van der Waals surface area contributed by atoms with Gasteiger partial charge in [0.1, 0.15) is 5.60 Å². The van der Waals surface area contributed by atoms with Crippen LogP contribution in [0.25, 0.3) is 0 Å². The highest BCUT2D eigenvalue weighted by molar-refractivity contribution is 6.01. The van der Waals surface area contributed by atoms with E-state index in [9.17, 15) is 23.5 Å². The van der Waals surface area contributed by atoms with Crippen LogP contribution in [0.5, 0.6) is 0 Å². The first kappa shape index (κ1) is 19.0. The van der Waals surface area contributed by atoms with Gasteiger partial charge in [0.25, 0.3) is 0 Å². The van der Waals surface area contributed by atoms with Crippen LogP contribution in [0.4, 0.5) is 8.78 Å². The second kappa shape index (κ2) is 6.07. The van der Waals surface area contributed by atoms with E-state index >= 15 is 0 Å². The van der Waals surface area contributed by atoms with E-state index < -0.39 is 29.6 Å². The van der Waals surface area contributed by atoms with Gasteiger partial charge >= 0.3 is 0 Å². The summed E-state index contributed by atoms with van der Waals surface area (Å²) in [4.78, 5) is 24.3. The molecule has 5 heteroatoms. The van der Waals surface area contributed by atoms with Crippen molar-refractivity contribution in [3.8, 4) is 0 Å². The van der Waals surface area contributed by atoms with Crippen molar-refractivity contribution in [2.24, 2.45) is 28.6 Å². The minimum absolute atomic E-state index is 0.0504. The summed E-state index contributed by atoms with van der Waals surface area (Å²) >= 11 is 0. The van der Waals surface area contributed by atoms with Gasteiger partial charge in [0.15, 0.2) is 11.6 Å². The van der Waals surface area contributed by atoms with Crippen LogP contribution in [-0.2, 0) is 9.59 Å². The van der Waals surface area contributed by atoms with Crippen LogP contribution in [0.3, 0.4) is 0 Å². The third kappa shape index (κ3) is 2.53. The number of carbonyl (C=O) groups excluding carboxylic acids is 2. The van der Waals surface area contributed by atoms with Gasteiger partial charge in [0.2, 0.25) is 6.43 Å². The number of hydrogen-bond donors (Lipinski definition) is 1. The molecule has 3 fully saturated rings. The largest absolute Gasteiger partial charge is 0.381 e. The minimum Gasteiger partial charge on any atom is -0.381 e. The van der Waals surface area contributed by atoms with Gasteiger partial charge in [-0.15, -0.1) is 0 Å². The molecule has 0 heterocycles. The smallest absolute Gasteiger partial charge is 0.245 e. The van der Waals surface area contributed by atoms with E-state index in [-0.39, 0.29) is 23.5 Å². The first-order valence-corrected chi connectivity index (χ1v) is 10.1. The average molecular weight is 378 g/mol. The Morgan fingerprint density at radius 2 is 1.93 bits per heavy atom. The maximum absolute atomic E-state index is 12.8. The Labute approximate surface area is 158 Å². The van der Waals surface area contributed by atoms with Crippen LogP contribution in [0, 0.1) is 28.6 Å². The molecule has 0 bridgehead atoms. The van der Waals surface area contributed by atoms with Crippen LogP contribution in [-0.4, -0.2) is 28.7 Å². The van der Waals surface area contributed by atoms with Gasteiger partial charge in [-0.3, -0.25) is 9.59 Å². The summed E-state index contributed by atoms with van der Waals surface area (Å²) in [5, 5.41) is 11.2. The van der Waals surface area contributed by atoms with Crippen LogP contribution in [0.1, 0.15) is 58.8 Å². The topological polar surface area (TPSA) is 54.4 Å². The Kier molecular flexibility index (Phi) is 4.26. The Bertz CT molecular complexity index is 742. The first-order chi connectivity index (χ1) is 12.6. The Morgan fingerprint density at radius 3 is 2.63 bits per heavy atom. The average Bonchev–Trinajstić information content (AvgIpc) is 2.88. The predicted octanol–water partition coefficient (Wildman–Crippen LogP) is 4.25. The van der Waals surface area contributed by atoms with Crippen molar-refractivity contribution >= 4 is 11.6 Å². The molecule has 0 aromatic heterocycles. The third-order valence-electron chi connectivity index (χ3n) is 8.51. The van der Waals surface area contributed by atoms with Crippen molar-refractivity contribution in [2.45, 2.75) is 70.8 Å². The summed E-state index contributed by atoms with van der Waals surface area (Å²) in [5.74, 6) is 0.234. The molecular weight excluding hydrogens is 350 g/mol. The number of allylic oxidation sites excluding steroid dienone is 4. The molecular formula is C22H28F2O3. The van der Waals surface area contributed by atoms with Gasteiger partial charge in [-0.05, 0) is 68.4 Å². The number of halogens is 2. The highest BCUT2D eigenvalue weighted by Gasteiger charge is 2.65. The van der Waals surface area contributed by atoms with Gasteiger partial charge in [-0.25, -0.2) is 8.78 Å². The zero-order valence-corrected chi connectivity index (χ0v) is 16.0. The number of alkyl halides is 2. The van der Waals surface area contributed by atoms with Crippen molar-refractivity contribution in [1.82, 2.24) is 0 Å². The van der Waals surface area contributed by atoms with Gasteiger partial charge in [-0.1, -0.05) is 25.5 Å². The van der Waals surface area contributed by atoms with Crippen molar-refractivity contribution in [2.75, 3.05) is 0 Å². The number of fused-ring (bicyclic) bond motifs is 5. The van der Waals surface area contributed by atoms with Crippen LogP contribution < -0.4 is 0 Å². The molecule has 1 N–H and O–H groups in total. The molecule has 148 valence electrons. The van der Waals surface area contributed by atoms with Crippen molar-refractivity contribution < 1.29 is 23.5 Å². The molecule has 3 nitrogen and oxygen atoms in total. The van der Waals surface area contributed by atoms with Gasteiger partial charge < -0.3 is 5.11 Å². The third-order valence-corrected chi connectivity index (χ3v) is 8.51. The Morgan fingerprint density at radius 1 is 1.22 bits per heavy atom. The zero-order chi connectivity index (χ0) is 19.6. The lowest BCUT2D eigenvalue weighted by molar-refractivity contribution is -0.163. The van der Waals surface area contributed by atoms with E-state index in [1.54, 1.807) is 12.2 Å². The first-order valence-electron chi connectivity index (χ1n) is 10.1.